The first-order valence-corrected chi connectivity index (χ1v) is 14.7. The van der Waals surface area contributed by atoms with E-state index < -0.39 is 8.32 Å². The molecule has 0 saturated heterocycles. The van der Waals surface area contributed by atoms with E-state index in [-0.39, 0.29) is 10.5 Å². The van der Waals surface area contributed by atoms with Gasteiger partial charge in [-0.1, -0.05) is 46.3 Å². The topological polar surface area (TPSA) is 26.3 Å². The fourth-order valence-electron chi connectivity index (χ4n) is 7.09. The third-order valence-corrected chi connectivity index (χ3v) is 14.6. The molecule has 0 heterocycles. The molecule has 2 nitrogen and oxygen atoms in total. The molecule has 4 aliphatic rings. The second-order valence-corrected chi connectivity index (χ2v) is 17.2. The van der Waals surface area contributed by atoms with Crippen molar-refractivity contribution in [3.8, 4) is 0 Å². The Morgan fingerprint density at radius 1 is 1.04 bits per heavy atom. The molecule has 0 spiro atoms. The van der Waals surface area contributed by atoms with Crippen LogP contribution in [0, 0.1) is 28.6 Å². The molecule has 0 N–H and O–H groups in total. The summed E-state index contributed by atoms with van der Waals surface area (Å²) >= 11 is 0. The molecule has 28 heavy (non-hydrogen) atoms. The quantitative estimate of drug-likeness (QED) is 0.370. The Labute approximate surface area is 174 Å². The molecule has 0 aromatic heterocycles. The number of fused-ring (bicyclic) bond motifs is 5. The maximum absolute atomic E-state index is 12.6. The van der Waals surface area contributed by atoms with Crippen LogP contribution in [-0.2, 0) is 9.22 Å². The van der Waals surface area contributed by atoms with Gasteiger partial charge in [-0.3, -0.25) is 4.79 Å². The van der Waals surface area contributed by atoms with Crippen LogP contribution in [0.15, 0.2) is 11.6 Å². The smallest absolute Gasteiger partial charge is 0.192 e. The predicted octanol–water partition coefficient (Wildman–Crippen LogP) is 6.91. The average Bonchev–Trinajstić information content (AvgIpc) is 2.89. The SMILES string of the molecule is CC(C)(C)[Si](C)(C)O[C@@H]1CC[C@@]2(C)C(=CCC3C2CC[C@]2(C)C(=O)CCC32)C1. The Balaban J connectivity index is 1.53. The predicted molar refractivity (Wildman–Crippen MR) is 119 cm³/mol. The van der Waals surface area contributed by atoms with E-state index in [1.165, 1.54) is 25.7 Å². The molecule has 3 fully saturated rings. The lowest BCUT2D eigenvalue weighted by Crippen LogP contribution is -2.51. The summed E-state index contributed by atoms with van der Waals surface area (Å²) in [4.78, 5) is 12.6. The number of rotatable bonds is 2. The lowest BCUT2D eigenvalue weighted by atomic mass is 9.48. The monoisotopic (exact) mass is 402 g/mol. The van der Waals surface area contributed by atoms with Crippen LogP contribution in [-0.4, -0.2) is 20.2 Å². The molecule has 3 heteroatoms. The third-order valence-electron chi connectivity index (χ3n) is 10.0. The number of carbonyl (C=O) groups is 1. The molecule has 0 bridgehead atoms. The molecule has 4 aliphatic carbocycles. The van der Waals surface area contributed by atoms with Crippen LogP contribution >= 0.6 is 0 Å². The second-order valence-electron chi connectivity index (χ2n) is 12.4. The molecule has 3 unspecified atom stereocenters. The molecule has 0 aromatic carbocycles. The minimum atomic E-state index is -1.71. The van der Waals surface area contributed by atoms with Crippen LogP contribution in [0.2, 0.25) is 18.1 Å². The Hall–Kier alpha value is -0.413. The zero-order valence-corrected chi connectivity index (χ0v) is 20.4. The third kappa shape index (κ3) is 3.02. The number of ketones is 1. The first kappa shape index (κ1) is 20.8. The first-order valence-electron chi connectivity index (χ1n) is 11.8. The summed E-state index contributed by atoms with van der Waals surface area (Å²) in [5.41, 5.74) is 2.03. The van der Waals surface area contributed by atoms with Crippen molar-refractivity contribution in [1.82, 2.24) is 0 Å². The van der Waals surface area contributed by atoms with Gasteiger partial charge in [0.25, 0.3) is 0 Å². The van der Waals surface area contributed by atoms with E-state index in [9.17, 15) is 4.79 Å². The summed E-state index contributed by atoms with van der Waals surface area (Å²) in [6.45, 7) is 16.7. The lowest BCUT2D eigenvalue weighted by molar-refractivity contribution is -0.131. The molecule has 0 aliphatic heterocycles. The Morgan fingerprint density at radius 3 is 2.36 bits per heavy atom. The standard InChI is InChI=1S/C25H42O2Si/c1-23(2,3)28(6,7)27-18-12-14-24(4)17(16-18)8-9-19-20-10-11-22(26)25(20,5)15-13-21(19)24/h8,18-21H,9-16H2,1-7H3/t18-,19?,20?,21?,24+,25+/m1/s1. The maximum Gasteiger partial charge on any atom is 0.192 e. The highest BCUT2D eigenvalue weighted by Gasteiger charge is 2.58. The van der Waals surface area contributed by atoms with Gasteiger partial charge in [0.2, 0.25) is 0 Å². The molecular formula is C25H42O2Si. The zero-order chi connectivity index (χ0) is 20.5. The molecule has 0 aromatic rings. The summed E-state index contributed by atoms with van der Waals surface area (Å²) in [5.74, 6) is 2.71. The van der Waals surface area contributed by atoms with E-state index >= 15 is 0 Å². The van der Waals surface area contributed by atoms with Gasteiger partial charge in [0.15, 0.2) is 8.32 Å². The van der Waals surface area contributed by atoms with Gasteiger partial charge >= 0.3 is 0 Å². The van der Waals surface area contributed by atoms with Crippen molar-refractivity contribution in [1.29, 1.82) is 0 Å². The van der Waals surface area contributed by atoms with Crippen molar-refractivity contribution >= 4 is 14.1 Å². The molecule has 3 saturated carbocycles. The van der Waals surface area contributed by atoms with Crippen molar-refractivity contribution in [2.45, 2.75) is 110 Å². The van der Waals surface area contributed by atoms with Crippen molar-refractivity contribution in [2.24, 2.45) is 28.6 Å². The summed E-state index contributed by atoms with van der Waals surface area (Å²) < 4.78 is 6.83. The van der Waals surface area contributed by atoms with Crippen LogP contribution in [0.25, 0.3) is 0 Å². The highest BCUT2D eigenvalue weighted by molar-refractivity contribution is 6.74. The number of Topliss-reactive ketones (excluding diaryl/α,β-unsaturated/α-hetero) is 1. The highest BCUT2D eigenvalue weighted by Crippen LogP contribution is 2.64. The molecule has 4 rings (SSSR count). The second kappa shape index (κ2) is 6.54. The average molecular weight is 403 g/mol. The number of hydrogen-bond acceptors (Lipinski definition) is 2. The Kier molecular flexibility index (Phi) is 4.87. The molecule has 158 valence electrons. The Morgan fingerprint density at radius 2 is 1.68 bits per heavy atom. The van der Waals surface area contributed by atoms with Gasteiger partial charge in [0.1, 0.15) is 5.78 Å². The van der Waals surface area contributed by atoms with Gasteiger partial charge in [-0.15, -0.1) is 0 Å². The highest BCUT2D eigenvalue weighted by atomic mass is 28.4. The Bertz CT molecular complexity index is 687. The maximum atomic E-state index is 12.6. The van der Waals surface area contributed by atoms with Crippen molar-refractivity contribution in [3.05, 3.63) is 11.6 Å². The van der Waals surface area contributed by atoms with Gasteiger partial charge in [0.05, 0.1) is 0 Å². The van der Waals surface area contributed by atoms with E-state index in [2.05, 4.69) is 53.8 Å². The number of allylic oxidation sites excluding steroid dienone is 1. The van der Waals surface area contributed by atoms with E-state index in [0.717, 1.165) is 37.5 Å². The summed E-state index contributed by atoms with van der Waals surface area (Å²) in [6, 6.07) is 0. The van der Waals surface area contributed by atoms with Crippen LogP contribution in [0.4, 0.5) is 0 Å². The van der Waals surface area contributed by atoms with Crippen LogP contribution in [0.3, 0.4) is 0 Å². The van der Waals surface area contributed by atoms with Crippen molar-refractivity contribution < 1.29 is 9.22 Å². The van der Waals surface area contributed by atoms with E-state index in [1.54, 1.807) is 5.57 Å². The molecule has 6 atom stereocenters. The summed E-state index contributed by atoms with van der Waals surface area (Å²) in [5, 5.41) is 0.280. The van der Waals surface area contributed by atoms with Gasteiger partial charge < -0.3 is 4.43 Å². The van der Waals surface area contributed by atoms with Crippen LogP contribution < -0.4 is 0 Å². The summed E-state index contributed by atoms with van der Waals surface area (Å²) in [6.07, 6.45) is 12.2. The minimum absolute atomic E-state index is 0.00842. The van der Waals surface area contributed by atoms with E-state index in [0.29, 0.717) is 23.2 Å². The number of carbonyl (C=O) groups excluding carboxylic acids is 1. The van der Waals surface area contributed by atoms with Crippen molar-refractivity contribution in [3.63, 3.8) is 0 Å². The van der Waals surface area contributed by atoms with E-state index in [4.69, 9.17) is 4.43 Å². The van der Waals surface area contributed by atoms with Crippen molar-refractivity contribution in [2.75, 3.05) is 0 Å². The zero-order valence-electron chi connectivity index (χ0n) is 19.4. The first-order chi connectivity index (χ1) is 12.9. The number of hydrogen-bond donors (Lipinski definition) is 0. The molecule has 0 radical (unpaired) electrons. The van der Waals surface area contributed by atoms with Gasteiger partial charge in [0, 0.05) is 17.9 Å². The summed E-state index contributed by atoms with van der Waals surface area (Å²) in [7, 11) is -1.71. The minimum Gasteiger partial charge on any atom is -0.414 e. The van der Waals surface area contributed by atoms with Crippen LogP contribution in [0.1, 0.15) is 86.0 Å². The normalized spacial score (nSPS) is 43.8. The lowest BCUT2D eigenvalue weighted by Gasteiger charge is -2.57. The van der Waals surface area contributed by atoms with Gasteiger partial charge in [-0.05, 0) is 86.2 Å². The largest absolute Gasteiger partial charge is 0.414 e. The fraction of sp³-hybridized carbons (Fsp3) is 0.880. The van der Waals surface area contributed by atoms with Crippen LogP contribution in [0.5, 0.6) is 0 Å². The van der Waals surface area contributed by atoms with Gasteiger partial charge in [-0.2, -0.15) is 0 Å². The van der Waals surface area contributed by atoms with Gasteiger partial charge in [-0.25, -0.2) is 0 Å². The molecular weight excluding hydrogens is 360 g/mol. The van der Waals surface area contributed by atoms with E-state index in [1.807, 2.05) is 0 Å². The molecule has 0 amide bonds. The fourth-order valence-corrected chi connectivity index (χ4v) is 8.48.